The van der Waals surface area contributed by atoms with Crippen molar-refractivity contribution in [1.82, 2.24) is 9.80 Å². The van der Waals surface area contributed by atoms with Gasteiger partial charge in [-0.15, -0.1) is 0 Å². The molecule has 0 saturated carbocycles. The van der Waals surface area contributed by atoms with Gasteiger partial charge in [-0.05, 0) is 44.3 Å². The minimum Gasteiger partial charge on any atom is -0.465 e. The molecule has 0 radical (unpaired) electrons. The Hall–Kier alpha value is -1.95. The molecular formula is C13H14N2O3S. The van der Waals surface area contributed by atoms with Gasteiger partial charge in [-0.3, -0.25) is 19.4 Å². The van der Waals surface area contributed by atoms with E-state index in [-0.39, 0.29) is 22.5 Å². The number of carbonyl (C=O) groups excluding carboxylic acids is 2. The lowest BCUT2D eigenvalue weighted by atomic mass is 10.1. The van der Waals surface area contributed by atoms with E-state index in [0.29, 0.717) is 18.8 Å². The molecule has 1 aromatic rings. The minimum absolute atomic E-state index is 0.0762. The average molecular weight is 278 g/mol. The summed E-state index contributed by atoms with van der Waals surface area (Å²) < 4.78 is 5.15. The molecule has 0 aromatic carbocycles. The maximum atomic E-state index is 12.2. The normalized spacial score (nSPS) is 16.3. The number of hydrogen-bond acceptors (Lipinski definition) is 4. The van der Waals surface area contributed by atoms with Gasteiger partial charge in [-0.2, -0.15) is 0 Å². The van der Waals surface area contributed by atoms with Crippen LogP contribution in [0.15, 0.2) is 28.4 Å². The highest BCUT2D eigenvalue weighted by Gasteiger charge is 2.37. The van der Waals surface area contributed by atoms with E-state index in [1.807, 2.05) is 13.8 Å². The Morgan fingerprint density at radius 2 is 1.79 bits per heavy atom. The second-order valence-corrected chi connectivity index (χ2v) is 4.32. The van der Waals surface area contributed by atoms with Crippen molar-refractivity contribution in [3.8, 4) is 0 Å². The maximum Gasteiger partial charge on any atom is 0.265 e. The third-order valence-corrected chi connectivity index (χ3v) is 3.32. The molecule has 1 aliphatic heterocycles. The zero-order valence-corrected chi connectivity index (χ0v) is 11.6. The number of nitrogens with zero attached hydrogens (tertiary/aromatic N) is 2. The summed E-state index contributed by atoms with van der Waals surface area (Å²) in [5.74, 6) is -0.283. The van der Waals surface area contributed by atoms with Gasteiger partial charge in [0.1, 0.15) is 11.3 Å². The molecule has 0 atom stereocenters. The van der Waals surface area contributed by atoms with E-state index in [4.69, 9.17) is 16.6 Å². The molecular weight excluding hydrogens is 264 g/mol. The largest absolute Gasteiger partial charge is 0.465 e. The summed E-state index contributed by atoms with van der Waals surface area (Å²) in [5.41, 5.74) is 0.0762. The Balaban J connectivity index is 2.44. The lowest BCUT2D eigenvalue weighted by Crippen LogP contribution is -2.55. The fraction of sp³-hybridized carbons (Fsp3) is 0.308. The van der Waals surface area contributed by atoms with Crippen LogP contribution in [0.2, 0.25) is 0 Å². The van der Waals surface area contributed by atoms with Crippen LogP contribution in [0.25, 0.3) is 6.08 Å². The topological polar surface area (TPSA) is 53.8 Å². The van der Waals surface area contributed by atoms with Crippen molar-refractivity contribution in [1.29, 1.82) is 0 Å². The molecule has 0 N–H and O–H groups in total. The van der Waals surface area contributed by atoms with Gasteiger partial charge in [-0.1, -0.05) is 0 Å². The Bertz CT molecular complexity index is 520. The van der Waals surface area contributed by atoms with Crippen LogP contribution in [-0.4, -0.2) is 39.8 Å². The van der Waals surface area contributed by atoms with Crippen LogP contribution in [0.1, 0.15) is 19.6 Å². The van der Waals surface area contributed by atoms with E-state index in [2.05, 4.69) is 0 Å². The van der Waals surface area contributed by atoms with Gasteiger partial charge in [-0.25, -0.2) is 0 Å². The summed E-state index contributed by atoms with van der Waals surface area (Å²) in [6, 6.07) is 3.39. The molecule has 1 fully saturated rings. The molecule has 2 heterocycles. The number of amides is 2. The number of likely N-dealkylation sites (N-methyl/N-ethyl adjacent to an activating group) is 2. The summed E-state index contributed by atoms with van der Waals surface area (Å²) in [5, 5.41) is 0.261. The molecule has 19 heavy (non-hydrogen) atoms. The van der Waals surface area contributed by atoms with Gasteiger partial charge in [0, 0.05) is 13.1 Å². The second kappa shape index (κ2) is 5.36. The van der Waals surface area contributed by atoms with Crippen molar-refractivity contribution in [3.05, 3.63) is 29.7 Å². The summed E-state index contributed by atoms with van der Waals surface area (Å²) in [7, 11) is 0. The van der Waals surface area contributed by atoms with E-state index in [1.165, 1.54) is 22.1 Å². The first-order chi connectivity index (χ1) is 9.10. The van der Waals surface area contributed by atoms with E-state index >= 15 is 0 Å². The zero-order chi connectivity index (χ0) is 14.0. The maximum absolute atomic E-state index is 12.2. The Kier molecular flexibility index (Phi) is 3.80. The van der Waals surface area contributed by atoms with E-state index in [0.717, 1.165) is 0 Å². The highest BCUT2D eigenvalue weighted by Crippen LogP contribution is 2.20. The Labute approximate surface area is 116 Å². The molecule has 0 spiro atoms. The third kappa shape index (κ3) is 2.31. The summed E-state index contributed by atoms with van der Waals surface area (Å²) >= 11 is 5.16. The fourth-order valence-electron chi connectivity index (χ4n) is 1.90. The molecule has 6 heteroatoms. The van der Waals surface area contributed by atoms with Crippen LogP contribution >= 0.6 is 12.2 Å². The quantitative estimate of drug-likeness (QED) is 0.479. The van der Waals surface area contributed by atoms with Crippen molar-refractivity contribution in [3.63, 3.8) is 0 Å². The van der Waals surface area contributed by atoms with E-state index < -0.39 is 0 Å². The first-order valence-electron chi connectivity index (χ1n) is 6.03. The molecule has 1 saturated heterocycles. The van der Waals surface area contributed by atoms with Crippen molar-refractivity contribution in [2.75, 3.05) is 13.1 Å². The number of rotatable bonds is 3. The van der Waals surface area contributed by atoms with Crippen molar-refractivity contribution in [2.24, 2.45) is 0 Å². The van der Waals surface area contributed by atoms with Crippen LogP contribution in [0.5, 0.6) is 0 Å². The Morgan fingerprint density at radius 1 is 1.21 bits per heavy atom. The zero-order valence-electron chi connectivity index (χ0n) is 10.8. The first-order valence-corrected chi connectivity index (χ1v) is 6.43. The Morgan fingerprint density at radius 3 is 2.21 bits per heavy atom. The number of thiocarbonyl (C=S) groups is 1. The van der Waals surface area contributed by atoms with Gasteiger partial charge >= 0.3 is 0 Å². The molecule has 100 valence electrons. The third-order valence-electron chi connectivity index (χ3n) is 2.88. The van der Waals surface area contributed by atoms with Gasteiger partial charge < -0.3 is 4.42 Å². The van der Waals surface area contributed by atoms with Crippen LogP contribution in [0.3, 0.4) is 0 Å². The van der Waals surface area contributed by atoms with Crippen LogP contribution in [-0.2, 0) is 9.59 Å². The summed E-state index contributed by atoms with van der Waals surface area (Å²) in [6.45, 7) is 4.49. The van der Waals surface area contributed by atoms with Crippen molar-refractivity contribution < 1.29 is 14.0 Å². The highest BCUT2D eigenvalue weighted by atomic mass is 32.1. The standard InChI is InChI=1S/C13H14N2O3S/c1-3-14-11(16)10(8-9-6-5-7-18-9)12(17)15(4-2)13(14)19/h5-8H,3-4H2,1-2H3. The van der Waals surface area contributed by atoms with Gasteiger partial charge in [0.2, 0.25) is 0 Å². The number of carbonyl (C=O) groups is 2. The smallest absolute Gasteiger partial charge is 0.265 e. The molecule has 1 aromatic heterocycles. The average Bonchev–Trinajstić information content (AvgIpc) is 2.88. The lowest BCUT2D eigenvalue weighted by Gasteiger charge is -2.35. The SMILES string of the molecule is CCN1C(=O)C(=Cc2ccco2)C(=O)N(CC)C1=S. The van der Waals surface area contributed by atoms with Gasteiger partial charge in [0.15, 0.2) is 5.11 Å². The van der Waals surface area contributed by atoms with Crippen LogP contribution in [0.4, 0.5) is 0 Å². The van der Waals surface area contributed by atoms with Crippen LogP contribution < -0.4 is 0 Å². The highest BCUT2D eigenvalue weighted by molar-refractivity contribution is 7.80. The molecule has 0 bridgehead atoms. The number of hydrogen-bond donors (Lipinski definition) is 0. The van der Waals surface area contributed by atoms with E-state index in [9.17, 15) is 9.59 Å². The minimum atomic E-state index is -0.376. The van der Waals surface area contributed by atoms with Crippen molar-refractivity contribution >= 4 is 35.2 Å². The predicted octanol–water partition coefficient (Wildman–Crippen LogP) is 1.66. The molecule has 1 aliphatic rings. The summed E-state index contributed by atoms with van der Waals surface area (Å²) in [4.78, 5) is 27.3. The van der Waals surface area contributed by atoms with Gasteiger partial charge in [0.25, 0.3) is 11.8 Å². The monoisotopic (exact) mass is 278 g/mol. The van der Waals surface area contributed by atoms with Gasteiger partial charge in [0.05, 0.1) is 6.26 Å². The van der Waals surface area contributed by atoms with Crippen molar-refractivity contribution in [2.45, 2.75) is 13.8 Å². The first kappa shape index (κ1) is 13.5. The molecule has 2 rings (SSSR count). The summed E-state index contributed by atoms with van der Waals surface area (Å²) in [6.07, 6.45) is 2.95. The predicted molar refractivity (Wildman–Crippen MR) is 74.1 cm³/mol. The molecule has 0 aliphatic carbocycles. The number of furan rings is 1. The molecule has 2 amide bonds. The molecule has 0 unspecified atom stereocenters. The van der Waals surface area contributed by atoms with Crippen LogP contribution in [0, 0.1) is 0 Å². The fourth-order valence-corrected chi connectivity index (χ4v) is 2.32. The lowest BCUT2D eigenvalue weighted by molar-refractivity contribution is -0.133. The van der Waals surface area contributed by atoms with E-state index in [1.54, 1.807) is 12.1 Å². The second-order valence-electron chi connectivity index (χ2n) is 3.95. The molecule has 5 nitrogen and oxygen atoms in total.